The summed E-state index contributed by atoms with van der Waals surface area (Å²) in [4.78, 5) is 4.37. The molecule has 29 heavy (non-hydrogen) atoms. The predicted octanol–water partition coefficient (Wildman–Crippen LogP) is 3.11. The Morgan fingerprint density at radius 3 is 2.69 bits per heavy atom. The monoisotopic (exact) mass is 556 g/mol. The van der Waals surface area contributed by atoms with E-state index in [4.69, 9.17) is 4.74 Å². The molecular formula is C18H26FIN4O3S2. The zero-order valence-corrected chi connectivity index (χ0v) is 20.4. The Bertz CT molecular complexity index is 893. The SMILES string of the molecule is CCNC(=NCCNS(=O)(=O)c1cccs1)NC(C)c1ccc(OC)c(F)c1.I. The molecule has 0 spiro atoms. The van der Waals surface area contributed by atoms with Gasteiger partial charge in [0.25, 0.3) is 0 Å². The van der Waals surface area contributed by atoms with Crippen LogP contribution in [0.5, 0.6) is 5.75 Å². The van der Waals surface area contributed by atoms with Gasteiger partial charge in [-0.2, -0.15) is 0 Å². The predicted molar refractivity (Wildman–Crippen MR) is 125 cm³/mol. The molecule has 1 atom stereocenters. The summed E-state index contributed by atoms with van der Waals surface area (Å²) in [5, 5.41) is 7.98. The average molecular weight is 556 g/mol. The minimum absolute atomic E-state index is 0. The summed E-state index contributed by atoms with van der Waals surface area (Å²) in [5.41, 5.74) is 0.738. The highest BCUT2D eigenvalue weighted by Crippen LogP contribution is 2.21. The van der Waals surface area contributed by atoms with E-state index in [1.54, 1.807) is 29.6 Å². The number of nitrogens with zero attached hydrogens (tertiary/aromatic N) is 1. The minimum Gasteiger partial charge on any atom is -0.494 e. The lowest BCUT2D eigenvalue weighted by atomic mass is 10.1. The zero-order valence-electron chi connectivity index (χ0n) is 16.4. The molecule has 1 aromatic carbocycles. The third-order valence-electron chi connectivity index (χ3n) is 3.81. The molecule has 0 saturated carbocycles. The number of thiophene rings is 1. The standard InChI is InChI=1S/C18H25FN4O3S2.HI/c1-4-20-18(21-9-10-22-28(24,25)17-6-5-11-27-17)23-13(2)14-7-8-16(26-3)15(19)12-14;/h5-8,11-13,22H,4,9-10H2,1-3H3,(H2,20,21,23);1H. The van der Waals surface area contributed by atoms with E-state index < -0.39 is 15.8 Å². The Morgan fingerprint density at radius 1 is 1.34 bits per heavy atom. The molecule has 7 nitrogen and oxygen atoms in total. The molecule has 0 saturated heterocycles. The van der Waals surface area contributed by atoms with Crippen molar-refractivity contribution in [1.29, 1.82) is 0 Å². The van der Waals surface area contributed by atoms with Crippen molar-refractivity contribution in [2.45, 2.75) is 24.1 Å². The molecule has 0 radical (unpaired) electrons. The highest BCUT2D eigenvalue weighted by molar-refractivity contribution is 14.0. The Balaban J connectivity index is 0.00000420. The summed E-state index contributed by atoms with van der Waals surface area (Å²) in [6, 6.07) is 7.80. The highest BCUT2D eigenvalue weighted by Gasteiger charge is 2.14. The van der Waals surface area contributed by atoms with Gasteiger partial charge in [-0.25, -0.2) is 17.5 Å². The number of benzene rings is 1. The first-order chi connectivity index (χ1) is 13.4. The summed E-state index contributed by atoms with van der Waals surface area (Å²) in [7, 11) is -2.08. The average Bonchev–Trinajstić information content (AvgIpc) is 3.21. The number of rotatable bonds is 9. The number of methoxy groups -OCH3 is 1. The molecule has 2 aromatic rings. The largest absolute Gasteiger partial charge is 0.494 e. The van der Waals surface area contributed by atoms with Crippen LogP contribution in [0.3, 0.4) is 0 Å². The van der Waals surface area contributed by atoms with Gasteiger partial charge in [0.05, 0.1) is 19.7 Å². The molecule has 0 fully saturated rings. The van der Waals surface area contributed by atoms with Gasteiger partial charge in [-0.15, -0.1) is 35.3 Å². The lowest BCUT2D eigenvalue weighted by molar-refractivity contribution is 0.386. The number of hydrogen-bond acceptors (Lipinski definition) is 5. The van der Waals surface area contributed by atoms with E-state index in [1.165, 1.54) is 13.2 Å². The van der Waals surface area contributed by atoms with Crippen molar-refractivity contribution >= 4 is 51.3 Å². The first-order valence-electron chi connectivity index (χ1n) is 8.78. The minimum atomic E-state index is -3.50. The van der Waals surface area contributed by atoms with E-state index in [0.717, 1.165) is 16.9 Å². The van der Waals surface area contributed by atoms with Crippen LogP contribution in [0.15, 0.2) is 44.9 Å². The second-order valence-corrected chi connectivity index (χ2v) is 8.79. The van der Waals surface area contributed by atoms with Crippen LogP contribution in [0, 0.1) is 5.82 Å². The maximum atomic E-state index is 13.9. The van der Waals surface area contributed by atoms with Gasteiger partial charge in [0.15, 0.2) is 17.5 Å². The lowest BCUT2D eigenvalue weighted by Crippen LogP contribution is -2.39. The molecule has 0 aliphatic heterocycles. The molecule has 0 aliphatic carbocycles. The highest BCUT2D eigenvalue weighted by atomic mass is 127. The molecule has 0 amide bonds. The van der Waals surface area contributed by atoms with Gasteiger partial charge >= 0.3 is 0 Å². The fraction of sp³-hybridized carbons (Fsp3) is 0.389. The topological polar surface area (TPSA) is 91.8 Å². The summed E-state index contributed by atoms with van der Waals surface area (Å²) in [5.74, 6) is 0.273. The van der Waals surface area contributed by atoms with Gasteiger partial charge in [0.2, 0.25) is 10.0 Å². The van der Waals surface area contributed by atoms with Gasteiger partial charge in [-0.1, -0.05) is 12.1 Å². The molecule has 2 rings (SSSR count). The first-order valence-corrected chi connectivity index (χ1v) is 11.1. The van der Waals surface area contributed by atoms with Crippen molar-refractivity contribution in [3.8, 4) is 5.75 Å². The van der Waals surface area contributed by atoms with Gasteiger partial charge in [-0.3, -0.25) is 4.99 Å². The van der Waals surface area contributed by atoms with Crippen LogP contribution in [-0.4, -0.2) is 41.1 Å². The van der Waals surface area contributed by atoms with Gasteiger partial charge in [-0.05, 0) is 43.0 Å². The summed E-state index contributed by atoms with van der Waals surface area (Å²) in [6.45, 7) is 4.87. The first kappa shape index (κ1) is 25.6. The Labute approximate surface area is 192 Å². The van der Waals surface area contributed by atoms with E-state index in [2.05, 4.69) is 20.3 Å². The zero-order chi connectivity index (χ0) is 20.6. The Morgan fingerprint density at radius 2 is 2.10 bits per heavy atom. The van der Waals surface area contributed by atoms with Crippen molar-refractivity contribution in [3.05, 3.63) is 47.1 Å². The Hall–Kier alpha value is -1.44. The van der Waals surface area contributed by atoms with Crippen LogP contribution >= 0.6 is 35.3 Å². The van der Waals surface area contributed by atoms with Crippen LogP contribution < -0.4 is 20.1 Å². The van der Waals surface area contributed by atoms with Crippen LogP contribution in [0.4, 0.5) is 4.39 Å². The molecule has 1 heterocycles. The van der Waals surface area contributed by atoms with Gasteiger partial charge < -0.3 is 15.4 Å². The van der Waals surface area contributed by atoms with E-state index >= 15 is 0 Å². The summed E-state index contributed by atoms with van der Waals surface area (Å²) in [6.07, 6.45) is 0. The van der Waals surface area contributed by atoms with Crippen LogP contribution in [0.25, 0.3) is 0 Å². The maximum absolute atomic E-state index is 13.9. The number of guanidine groups is 1. The van der Waals surface area contributed by atoms with Crippen LogP contribution in [-0.2, 0) is 10.0 Å². The molecule has 1 aromatic heterocycles. The molecule has 3 N–H and O–H groups in total. The van der Waals surface area contributed by atoms with Crippen molar-refractivity contribution in [2.24, 2.45) is 4.99 Å². The number of hydrogen-bond donors (Lipinski definition) is 3. The second-order valence-electron chi connectivity index (χ2n) is 5.85. The molecule has 0 bridgehead atoms. The number of ether oxygens (including phenoxy) is 1. The van der Waals surface area contributed by atoms with Crippen LogP contribution in [0.2, 0.25) is 0 Å². The number of sulfonamides is 1. The van der Waals surface area contributed by atoms with Crippen molar-refractivity contribution in [1.82, 2.24) is 15.4 Å². The van der Waals surface area contributed by atoms with Crippen LogP contribution in [0.1, 0.15) is 25.5 Å². The maximum Gasteiger partial charge on any atom is 0.250 e. The normalized spacial score (nSPS) is 12.8. The van der Waals surface area contributed by atoms with Gasteiger partial charge in [0.1, 0.15) is 4.21 Å². The van der Waals surface area contributed by atoms with Crippen molar-refractivity contribution < 1.29 is 17.5 Å². The van der Waals surface area contributed by atoms with Crippen molar-refractivity contribution in [2.75, 3.05) is 26.7 Å². The molecule has 162 valence electrons. The smallest absolute Gasteiger partial charge is 0.250 e. The molecule has 11 heteroatoms. The molecule has 1 unspecified atom stereocenters. The van der Waals surface area contributed by atoms with E-state index in [-0.39, 0.29) is 53.1 Å². The molecule has 0 aliphatic rings. The van der Waals surface area contributed by atoms with E-state index in [9.17, 15) is 12.8 Å². The van der Waals surface area contributed by atoms with E-state index in [1.807, 2.05) is 13.8 Å². The van der Waals surface area contributed by atoms with E-state index in [0.29, 0.717) is 12.5 Å². The molecular weight excluding hydrogens is 530 g/mol. The Kier molecular flexibility index (Phi) is 10.9. The fourth-order valence-corrected chi connectivity index (χ4v) is 4.45. The summed E-state index contributed by atoms with van der Waals surface area (Å²) >= 11 is 1.16. The summed E-state index contributed by atoms with van der Waals surface area (Å²) < 4.78 is 45.8. The number of aliphatic imine (C=N–C) groups is 1. The third-order valence-corrected chi connectivity index (χ3v) is 6.67. The fourth-order valence-electron chi connectivity index (χ4n) is 2.40. The lowest BCUT2D eigenvalue weighted by Gasteiger charge is -2.18. The van der Waals surface area contributed by atoms with Crippen molar-refractivity contribution in [3.63, 3.8) is 0 Å². The quantitative estimate of drug-likeness (QED) is 0.191. The third kappa shape index (κ3) is 7.72. The van der Waals surface area contributed by atoms with Gasteiger partial charge in [0, 0.05) is 13.1 Å². The number of halogens is 2. The number of nitrogens with one attached hydrogen (secondary N) is 3. The second kappa shape index (κ2) is 12.3.